The third kappa shape index (κ3) is 3.18. The number of halogens is 2. The molecule has 0 radical (unpaired) electrons. The van der Waals surface area contributed by atoms with Crippen LogP contribution in [0.15, 0.2) is 17.3 Å². The Bertz CT molecular complexity index is 700. The van der Waals surface area contributed by atoms with E-state index >= 15 is 0 Å². The zero-order valence-corrected chi connectivity index (χ0v) is 14.2. The summed E-state index contributed by atoms with van der Waals surface area (Å²) in [6, 6.07) is 3.22. The van der Waals surface area contributed by atoms with E-state index in [2.05, 4.69) is 4.98 Å². The summed E-state index contributed by atoms with van der Waals surface area (Å²) < 4.78 is 16.3. The van der Waals surface area contributed by atoms with Crippen molar-refractivity contribution in [3.8, 4) is 0 Å². The van der Waals surface area contributed by atoms with Crippen molar-refractivity contribution >= 4 is 51.4 Å². The van der Waals surface area contributed by atoms with Gasteiger partial charge in [-0.05, 0) is 47.4 Å². The standard InChI is InChI=1S/C14H14FIN2O2S/c15-9-4-12-11(5-10(9)16)17-14(21-7-13(19)20)18(12)6-8-2-1-3-8/h4-5,8H,1-3,6-7H2,(H,19,20). The van der Waals surface area contributed by atoms with Gasteiger partial charge in [-0.1, -0.05) is 18.2 Å². The lowest BCUT2D eigenvalue weighted by Gasteiger charge is -2.26. The highest BCUT2D eigenvalue weighted by molar-refractivity contribution is 14.1. The molecular formula is C14H14FIN2O2S. The minimum Gasteiger partial charge on any atom is -0.481 e. The molecule has 112 valence electrons. The number of hydrogen-bond acceptors (Lipinski definition) is 3. The minimum atomic E-state index is -0.872. The van der Waals surface area contributed by atoms with E-state index in [1.165, 1.54) is 37.1 Å². The fraction of sp³-hybridized carbons (Fsp3) is 0.429. The van der Waals surface area contributed by atoms with Gasteiger partial charge in [0.2, 0.25) is 0 Å². The van der Waals surface area contributed by atoms with Crippen molar-refractivity contribution in [2.75, 3.05) is 5.75 Å². The number of carboxylic acids is 1. The maximum atomic E-state index is 13.8. The second-order valence-electron chi connectivity index (χ2n) is 5.24. The number of rotatable bonds is 5. The summed E-state index contributed by atoms with van der Waals surface area (Å²) in [6.45, 7) is 0.790. The SMILES string of the molecule is O=C(O)CSc1nc2cc(I)c(F)cc2n1CC1CCC1. The maximum Gasteiger partial charge on any atom is 0.313 e. The van der Waals surface area contributed by atoms with Crippen LogP contribution in [0.2, 0.25) is 0 Å². The smallest absolute Gasteiger partial charge is 0.313 e. The van der Waals surface area contributed by atoms with E-state index in [-0.39, 0.29) is 11.6 Å². The Balaban J connectivity index is 2.01. The number of hydrogen-bond donors (Lipinski definition) is 1. The van der Waals surface area contributed by atoms with Gasteiger partial charge in [0.15, 0.2) is 5.16 Å². The summed E-state index contributed by atoms with van der Waals surface area (Å²) in [5, 5.41) is 9.52. The normalized spacial score (nSPS) is 15.3. The first kappa shape index (κ1) is 15.1. The molecule has 7 heteroatoms. The number of carbonyl (C=O) groups is 1. The Morgan fingerprint density at radius 3 is 2.90 bits per heavy atom. The molecule has 0 bridgehead atoms. The number of aliphatic carboxylic acids is 1. The highest BCUT2D eigenvalue weighted by Crippen LogP contribution is 2.33. The van der Waals surface area contributed by atoms with Crippen LogP contribution in [-0.2, 0) is 11.3 Å². The van der Waals surface area contributed by atoms with Crippen molar-refractivity contribution in [3.63, 3.8) is 0 Å². The predicted octanol–water partition coefficient (Wildman–Crippen LogP) is 3.76. The van der Waals surface area contributed by atoms with Gasteiger partial charge in [-0.2, -0.15) is 0 Å². The van der Waals surface area contributed by atoms with Gasteiger partial charge in [0.25, 0.3) is 0 Å². The fourth-order valence-electron chi connectivity index (χ4n) is 2.44. The van der Waals surface area contributed by atoms with Crippen LogP contribution in [0.1, 0.15) is 19.3 Å². The Morgan fingerprint density at radius 1 is 1.52 bits per heavy atom. The van der Waals surface area contributed by atoms with Crippen LogP contribution in [0.3, 0.4) is 0 Å². The molecule has 0 saturated heterocycles. The average molecular weight is 420 g/mol. The molecule has 1 heterocycles. The highest BCUT2D eigenvalue weighted by atomic mass is 127. The molecule has 0 atom stereocenters. The van der Waals surface area contributed by atoms with Crippen molar-refractivity contribution < 1.29 is 14.3 Å². The molecule has 1 aliphatic carbocycles. The summed E-state index contributed by atoms with van der Waals surface area (Å²) in [5.74, 6) is -0.572. The number of aromatic nitrogens is 2. The first-order chi connectivity index (χ1) is 10.0. The summed E-state index contributed by atoms with van der Waals surface area (Å²) in [7, 11) is 0. The van der Waals surface area contributed by atoms with Gasteiger partial charge < -0.3 is 9.67 Å². The van der Waals surface area contributed by atoms with Crippen LogP contribution >= 0.6 is 34.4 Å². The van der Waals surface area contributed by atoms with Crippen molar-refractivity contribution in [2.45, 2.75) is 31.0 Å². The zero-order valence-electron chi connectivity index (χ0n) is 11.2. The summed E-state index contributed by atoms with van der Waals surface area (Å²) in [4.78, 5) is 15.3. The van der Waals surface area contributed by atoms with E-state index in [0.717, 1.165) is 17.6 Å². The van der Waals surface area contributed by atoms with E-state index in [1.807, 2.05) is 27.2 Å². The van der Waals surface area contributed by atoms with Gasteiger partial charge in [-0.15, -0.1) is 0 Å². The van der Waals surface area contributed by atoms with E-state index in [1.54, 1.807) is 6.07 Å². The van der Waals surface area contributed by atoms with Gasteiger partial charge in [-0.3, -0.25) is 4.79 Å². The van der Waals surface area contributed by atoms with Crippen LogP contribution in [0.25, 0.3) is 11.0 Å². The van der Waals surface area contributed by atoms with Crippen LogP contribution < -0.4 is 0 Å². The van der Waals surface area contributed by atoms with Crippen LogP contribution in [0.4, 0.5) is 4.39 Å². The Kier molecular flexibility index (Phi) is 4.39. The van der Waals surface area contributed by atoms with Gasteiger partial charge in [0.05, 0.1) is 20.4 Å². The largest absolute Gasteiger partial charge is 0.481 e. The van der Waals surface area contributed by atoms with Crippen LogP contribution in [0, 0.1) is 15.3 Å². The van der Waals surface area contributed by atoms with Gasteiger partial charge in [0.1, 0.15) is 5.82 Å². The molecule has 1 N–H and O–H groups in total. The molecular weight excluding hydrogens is 406 g/mol. The lowest BCUT2D eigenvalue weighted by Crippen LogP contribution is -2.18. The van der Waals surface area contributed by atoms with Crippen molar-refractivity contribution in [3.05, 3.63) is 21.5 Å². The summed E-state index contributed by atoms with van der Waals surface area (Å²) in [6.07, 6.45) is 3.59. The third-order valence-corrected chi connectivity index (χ3v) is 5.53. The molecule has 1 fully saturated rings. The number of thioether (sulfide) groups is 1. The highest BCUT2D eigenvalue weighted by Gasteiger charge is 2.22. The molecule has 4 nitrogen and oxygen atoms in total. The molecule has 0 spiro atoms. The fourth-order valence-corrected chi connectivity index (χ4v) is 3.64. The van der Waals surface area contributed by atoms with Crippen molar-refractivity contribution in [2.24, 2.45) is 5.92 Å². The molecule has 0 aliphatic heterocycles. The van der Waals surface area contributed by atoms with Crippen molar-refractivity contribution in [1.82, 2.24) is 9.55 Å². The Labute approximate surface area is 139 Å². The number of nitrogens with zero attached hydrogens (tertiary/aromatic N) is 2. The van der Waals surface area contributed by atoms with E-state index in [0.29, 0.717) is 14.6 Å². The average Bonchev–Trinajstić information content (AvgIpc) is 2.69. The molecule has 0 unspecified atom stereocenters. The molecule has 2 aromatic rings. The molecule has 21 heavy (non-hydrogen) atoms. The number of benzene rings is 1. The first-order valence-corrected chi connectivity index (χ1v) is 8.81. The minimum absolute atomic E-state index is 0.0342. The first-order valence-electron chi connectivity index (χ1n) is 6.74. The molecule has 1 aliphatic rings. The van der Waals surface area contributed by atoms with Gasteiger partial charge in [0, 0.05) is 12.6 Å². The van der Waals surface area contributed by atoms with Gasteiger partial charge in [-0.25, -0.2) is 9.37 Å². The molecule has 1 aromatic carbocycles. The second kappa shape index (κ2) is 6.12. The maximum absolute atomic E-state index is 13.8. The lowest BCUT2D eigenvalue weighted by atomic mass is 9.85. The van der Waals surface area contributed by atoms with E-state index in [4.69, 9.17) is 5.11 Å². The van der Waals surface area contributed by atoms with Crippen LogP contribution in [0.5, 0.6) is 0 Å². The predicted molar refractivity (Wildman–Crippen MR) is 88.1 cm³/mol. The number of fused-ring (bicyclic) bond motifs is 1. The second-order valence-corrected chi connectivity index (χ2v) is 7.34. The van der Waals surface area contributed by atoms with E-state index in [9.17, 15) is 9.18 Å². The van der Waals surface area contributed by atoms with Crippen molar-refractivity contribution in [1.29, 1.82) is 0 Å². The summed E-state index contributed by atoms with van der Waals surface area (Å²) >= 11 is 3.14. The third-order valence-electron chi connectivity index (χ3n) is 3.75. The lowest BCUT2D eigenvalue weighted by molar-refractivity contribution is -0.133. The van der Waals surface area contributed by atoms with Gasteiger partial charge >= 0.3 is 5.97 Å². The number of imidazole rings is 1. The Hall–Kier alpha value is -0.830. The zero-order chi connectivity index (χ0) is 15.0. The molecule has 0 amide bonds. The summed E-state index contributed by atoms with van der Waals surface area (Å²) in [5.41, 5.74) is 1.49. The molecule has 1 aromatic heterocycles. The quantitative estimate of drug-likeness (QED) is 0.592. The Morgan fingerprint density at radius 2 is 2.29 bits per heavy atom. The number of carboxylic acid groups (broad SMARTS) is 1. The molecule has 1 saturated carbocycles. The topological polar surface area (TPSA) is 55.1 Å². The molecule has 3 rings (SSSR count). The van der Waals surface area contributed by atoms with Crippen LogP contribution in [-0.4, -0.2) is 26.4 Å². The van der Waals surface area contributed by atoms with E-state index < -0.39 is 5.97 Å². The monoisotopic (exact) mass is 420 g/mol.